The molecule has 23 heavy (non-hydrogen) atoms. The summed E-state index contributed by atoms with van der Waals surface area (Å²) in [5, 5.41) is 0. The Hall–Kier alpha value is -2.69. The fourth-order valence-corrected chi connectivity index (χ4v) is 3.36. The van der Waals surface area contributed by atoms with Crippen molar-refractivity contribution in [3.05, 3.63) is 46.7 Å². The second-order valence-corrected chi connectivity index (χ2v) is 5.96. The average molecular weight is 309 g/mol. The number of likely N-dealkylation sites (tertiary alicyclic amines) is 1. The summed E-state index contributed by atoms with van der Waals surface area (Å²) < 4.78 is 5.79. The van der Waals surface area contributed by atoms with Crippen molar-refractivity contribution in [3.63, 3.8) is 0 Å². The van der Waals surface area contributed by atoms with Gasteiger partial charge in [0.1, 0.15) is 5.76 Å². The van der Waals surface area contributed by atoms with Gasteiger partial charge in [-0.1, -0.05) is 24.3 Å². The van der Waals surface area contributed by atoms with Gasteiger partial charge in [-0.25, -0.2) is 0 Å². The van der Waals surface area contributed by atoms with Crippen molar-refractivity contribution < 1.29 is 18.8 Å². The molecule has 0 bridgehead atoms. The number of carbonyl (C=O) groups is 3. The van der Waals surface area contributed by atoms with E-state index in [2.05, 4.69) is 0 Å². The van der Waals surface area contributed by atoms with Crippen LogP contribution in [0.2, 0.25) is 0 Å². The zero-order valence-electron chi connectivity index (χ0n) is 12.7. The first kappa shape index (κ1) is 13.9. The molecule has 0 saturated carbocycles. The lowest BCUT2D eigenvalue weighted by molar-refractivity contribution is 0.0761. The number of rotatable bonds is 1. The van der Waals surface area contributed by atoms with Gasteiger partial charge in [-0.05, 0) is 19.8 Å². The van der Waals surface area contributed by atoms with Gasteiger partial charge >= 0.3 is 0 Å². The minimum absolute atomic E-state index is 0.176. The smallest absolute Gasteiger partial charge is 0.289 e. The first-order valence-corrected chi connectivity index (χ1v) is 7.70. The standard InChI is InChI=1S/C18H15NO4/c1-10-13-15(21)14(20)11-6-2-3-7-12(11)17(13)23-16(10)18(22)19-8-4-5-9-19/h2-3,6-7H,4-5,8-9H2,1H3. The number of carbonyl (C=O) groups excluding carboxylic acids is 3. The number of benzene rings is 1. The first-order valence-electron chi connectivity index (χ1n) is 7.70. The predicted molar refractivity (Wildman–Crippen MR) is 82.7 cm³/mol. The number of Topliss-reactive ketones (excluding diaryl/α,β-unsaturated/α-hetero) is 2. The molecule has 1 saturated heterocycles. The normalized spacial score (nSPS) is 16.5. The number of ketones is 2. The molecule has 5 heteroatoms. The lowest BCUT2D eigenvalue weighted by atomic mass is 9.87. The van der Waals surface area contributed by atoms with E-state index < -0.39 is 11.6 Å². The van der Waals surface area contributed by atoms with E-state index in [0.717, 1.165) is 12.8 Å². The number of amides is 1. The molecule has 5 nitrogen and oxygen atoms in total. The molecule has 2 heterocycles. The third-order valence-electron chi connectivity index (χ3n) is 4.58. The Morgan fingerprint density at radius 2 is 1.70 bits per heavy atom. The van der Waals surface area contributed by atoms with E-state index in [1.807, 2.05) is 0 Å². The van der Waals surface area contributed by atoms with Crippen molar-refractivity contribution in [1.29, 1.82) is 0 Å². The fraction of sp³-hybridized carbons (Fsp3) is 0.278. The van der Waals surface area contributed by atoms with Crippen LogP contribution in [0.25, 0.3) is 11.3 Å². The maximum atomic E-state index is 12.6. The van der Waals surface area contributed by atoms with Gasteiger partial charge in [-0.15, -0.1) is 0 Å². The van der Waals surface area contributed by atoms with Gasteiger partial charge < -0.3 is 9.32 Å². The van der Waals surface area contributed by atoms with Crippen molar-refractivity contribution >= 4 is 17.5 Å². The molecular weight excluding hydrogens is 294 g/mol. The molecule has 1 aliphatic carbocycles. The van der Waals surface area contributed by atoms with E-state index >= 15 is 0 Å². The van der Waals surface area contributed by atoms with E-state index in [4.69, 9.17) is 4.42 Å². The number of hydrogen-bond donors (Lipinski definition) is 0. The van der Waals surface area contributed by atoms with Gasteiger partial charge in [0.25, 0.3) is 5.91 Å². The summed E-state index contributed by atoms with van der Waals surface area (Å²) in [6.07, 6.45) is 1.96. The van der Waals surface area contributed by atoms with Crippen LogP contribution in [0.4, 0.5) is 0 Å². The van der Waals surface area contributed by atoms with Crippen LogP contribution >= 0.6 is 0 Å². The SMILES string of the molecule is Cc1c(C(=O)N2CCCC2)oc2c1C(=O)C(=O)c1ccccc1-2. The molecule has 1 aliphatic heterocycles. The Balaban J connectivity index is 1.89. The van der Waals surface area contributed by atoms with Crippen molar-refractivity contribution in [2.24, 2.45) is 0 Å². The third-order valence-corrected chi connectivity index (χ3v) is 4.58. The van der Waals surface area contributed by atoms with Crippen LogP contribution in [0.1, 0.15) is 49.7 Å². The summed E-state index contributed by atoms with van der Waals surface area (Å²) in [5.74, 6) is -0.829. The maximum Gasteiger partial charge on any atom is 0.289 e. The molecule has 116 valence electrons. The van der Waals surface area contributed by atoms with Crippen LogP contribution < -0.4 is 0 Å². The molecule has 2 aliphatic rings. The lowest BCUT2D eigenvalue weighted by Gasteiger charge is -2.13. The number of fused-ring (bicyclic) bond motifs is 3. The van der Waals surface area contributed by atoms with E-state index in [-0.39, 0.29) is 17.2 Å². The molecule has 0 radical (unpaired) electrons. The molecule has 4 rings (SSSR count). The van der Waals surface area contributed by atoms with Crippen molar-refractivity contribution in [3.8, 4) is 11.3 Å². The number of hydrogen-bond acceptors (Lipinski definition) is 4. The van der Waals surface area contributed by atoms with E-state index in [1.165, 1.54) is 0 Å². The molecule has 0 atom stereocenters. The third kappa shape index (κ3) is 1.89. The number of nitrogens with zero attached hydrogens (tertiary/aromatic N) is 1. The summed E-state index contributed by atoms with van der Waals surface area (Å²) in [5.41, 5.74) is 1.61. The summed E-state index contributed by atoms with van der Waals surface area (Å²) in [6, 6.07) is 6.84. The van der Waals surface area contributed by atoms with Crippen LogP contribution in [0.15, 0.2) is 28.7 Å². The summed E-state index contributed by atoms with van der Waals surface area (Å²) in [7, 11) is 0. The Morgan fingerprint density at radius 1 is 1.04 bits per heavy atom. The Morgan fingerprint density at radius 3 is 2.39 bits per heavy atom. The molecule has 2 aromatic rings. The topological polar surface area (TPSA) is 67.6 Å². The summed E-state index contributed by atoms with van der Waals surface area (Å²) in [6.45, 7) is 3.07. The highest BCUT2D eigenvalue weighted by atomic mass is 16.4. The molecule has 1 amide bonds. The molecule has 1 fully saturated rings. The minimum atomic E-state index is -0.597. The highest BCUT2D eigenvalue weighted by Gasteiger charge is 2.38. The van der Waals surface area contributed by atoms with Crippen LogP contribution in [0.5, 0.6) is 0 Å². The van der Waals surface area contributed by atoms with Gasteiger partial charge in [0.2, 0.25) is 11.6 Å². The highest BCUT2D eigenvalue weighted by molar-refractivity contribution is 6.53. The quantitative estimate of drug-likeness (QED) is 0.760. The summed E-state index contributed by atoms with van der Waals surface area (Å²) >= 11 is 0. The van der Waals surface area contributed by atoms with Crippen LogP contribution in [-0.2, 0) is 0 Å². The molecular formula is C18H15NO4. The van der Waals surface area contributed by atoms with Gasteiger partial charge in [0.05, 0.1) is 5.56 Å². The Labute approximate surface area is 132 Å². The van der Waals surface area contributed by atoms with Crippen LogP contribution in [-0.4, -0.2) is 35.5 Å². The minimum Gasteiger partial charge on any atom is -0.450 e. The van der Waals surface area contributed by atoms with Crippen LogP contribution in [0.3, 0.4) is 0 Å². The molecule has 1 aromatic carbocycles. The first-order chi connectivity index (χ1) is 11.1. The second-order valence-electron chi connectivity index (χ2n) is 5.96. The molecule has 1 aromatic heterocycles. The highest BCUT2D eigenvalue weighted by Crippen LogP contribution is 2.38. The zero-order chi connectivity index (χ0) is 16.1. The Kier molecular flexibility index (Phi) is 2.98. The van der Waals surface area contributed by atoms with Gasteiger partial charge in [-0.3, -0.25) is 14.4 Å². The van der Waals surface area contributed by atoms with Crippen molar-refractivity contribution in [1.82, 2.24) is 4.90 Å². The second kappa shape index (κ2) is 4.91. The Bertz CT molecular complexity index is 856. The van der Waals surface area contributed by atoms with Gasteiger partial charge in [0, 0.05) is 29.8 Å². The fourth-order valence-electron chi connectivity index (χ4n) is 3.36. The largest absolute Gasteiger partial charge is 0.450 e. The van der Waals surface area contributed by atoms with Crippen molar-refractivity contribution in [2.75, 3.05) is 13.1 Å². The van der Waals surface area contributed by atoms with E-state index in [9.17, 15) is 14.4 Å². The number of furan rings is 1. The maximum absolute atomic E-state index is 12.6. The zero-order valence-corrected chi connectivity index (χ0v) is 12.7. The predicted octanol–water partition coefficient (Wildman–Crippen LogP) is 2.87. The van der Waals surface area contributed by atoms with Gasteiger partial charge in [0.15, 0.2) is 5.76 Å². The average Bonchev–Trinajstić information content (AvgIpc) is 3.20. The lowest BCUT2D eigenvalue weighted by Crippen LogP contribution is -2.28. The molecule has 0 unspecified atom stereocenters. The molecule has 0 N–H and O–H groups in total. The van der Waals surface area contributed by atoms with Gasteiger partial charge in [-0.2, -0.15) is 0 Å². The summed E-state index contributed by atoms with van der Waals surface area (Å²) in [4.78, 5) is 39.1. The molecule has 0 spiro atoms. The monoisotopic (exact) mass is 309 g/mol. The van der Waals surface area contributed by atoms with Crippen LogP contribution in [0, 0.1) is 6.92 Å². The van der Waals surface area contributed by atoms with E-state index in [0.29, 0.717) is 35.5 Å². The van der Waals surface area contributed by atoms with E-state index in [1.54, 1.807) is 36.1 Å². The van der Waals surface area contributed by atoms with Crippen molar-refractivity contribution in [2.45, 2.75) is 19.8 Å².